The topological polar surface area (TPSA) is 26.3 Å². The molecule has 0 aromatic carbocycles. The van der Waals surface area contributed by atoms with E-state index in [1.165, 1.54) is 135 Å². The number of carbonyl (C=O) groups is 1. The highest BCUT2D eigenvalue weighted by Crippen LogP contribution is 2.21. The average Bonchev–Trinajstić information content (AvgIpc) is 2.80. The first kappa shape index (κ1) is 31.5. The van der Waals surface area contributed by atoms with Crippen molar-refractivity contribution < 1.29 is 9.53 Å². The second-order valence-corrected chi connectivity index (χ2v) is 10.2. The largest absolute Gasteiger partial charge is 0.465 e. The van der Waals surface area contributed by atoms with Crippen molar-refractivity contribution in [1.82, 2.24) is 0 Å². The molecular weight excluding hydrogens is 392 g/mol. The molecule has 0 heterocycles. The summed E-state index contributed by atoms with van der Waals surface area (Å²) in [5, 5.41) is 0. The minimum Gasteiger partial charge on any atom is -0.465 e. The van der Waals surface area contributed by atoms with Crippen molar-refractivity contribution in [2.24, 2.45) is 5.92 Å². The number of ether oxygens (including phenoxy) is 1. The lowest BCUT2D eigenvalue weighted by molar-refractivity contribution is -0.149. The SMILES string of the molecule is CCCCCCCCCCCCC(CCCCCCCCCC)C(=O)OCCCCCC. The van der Waals surface area contributed by atoms with Gasteiger partial charge in [-0.2, -0.15) is 0 Å². The standard InChI is InChI=1S/C30H60O2/c1-4-7-10-13-15-17-18-20-22-24-27-29(30(31)32-28-25-12-9-6-3)26-23-21-19-16-14-11-8-5-2/h29H,4-28H2,1-3H3. The second-order valence-electron chi connectivity index (χ2n) is 10.2. The van der Waals surface area contributed by atoms with Crippen molar-refractivity contribution in [3.63, 3.8) is 0 Å². The van der Waals surface area contributed by atoms with E-state index in [-0.39, 0.29) is 11.9 Å². The van der Waals surface area contributed by atoms with Crippen LogP contribution in [0.4, 0.5) is 0 Å². The molecule has 0 aromatic heterocycles. The van der Waals surface area contributed by atoms with Crippen LogP contribution >= 0.6 is 0 Å². The molecule has 0 saturated carbocycles. The van der Waals surface area contributed by atoms with Gasteiger partial charge in [-0.15, -0.1) is 0 Å². The Hall–Kier alpha value is -0.530. The van der Waals surface area contributed by atoms with Crippen LogP contribution in [-0.4, -0.2) is 12.6 Å². The lowest BCUT2D eigenvalue weighted by Crippen LogP contribution is -2.18. The quantitative estimate of drug-likeness (QED) is 0.0963. The van der Waals surface area contributed by atoms with E-state index in [0.29, 0.717) is 6.61 Å². The highest BCUT2D eigenvalue weighted by molar-refractivity contribution is 5.72. The molecule has 0 aliphatic heterocycles. The Labute approximate surface area is 203 Å². The minimum absolute atomic E-state index is 0.0976. The molecule has 32 heavy (non-hydrogen) atoms. The van der Waals surface area contributed by atoms with E-state index in [2.05, 4.69) is 20.8 Å². The van der Waals surface area contributed by atoms with Gasteiger partial charge < -0.3 is 4.74 Å². The van der Waals surface area contributed by atoms with Gasteiger partial charge in [-0.3, -0.25) is 4.79 Å². The Morgan fingerprint density at radius 1 is 0.469 bits per heavy atom. The van der Waals surface area contributed by atoms with Gasteiger partial charge in [-0.1, -0.05) is 156 Å². The number of hydrogen-bond acceptors (Lipinski definition) is 2. The van der Waals surface area contributed by atoms with Crippen LogP contribution in [0.5, 0.6) is 0 Å². The Morgan fingerprint density at radius 3 is 1.16 bits per heavy atom. The first-order chi connectivity index (χ1) is 15.8. The maximum Gasteiger partial charge on any atom is 0.308 e. The number of unbranched alkanes of at least 4 members (excludes halogenated alkanes) is 19. The van der Waals surface area contributed by atoms with Crippen LogP contribution in [0, 0.1) is 5.92 Å². The summed E-state index contributed by atoms with van der Waals surface area (Å²) >= 11 is 0. The first-order valence-corrected chi connectivity index (χ1v) is 14.9. The smallest absolute Gasteiger partial charge is 0.308 e. The van der Waals surface area contributed by atoms with Gasteiger partial charge in [0, 0.05) is 0 Å². The Morgan fingerprint density at radius 2 is 0.781 bits per heavy atom. The summed E-state index contributed by atoms with van der Waals surface area (Å²) in [7, 11) is 0. The average molecular weight is 453 g/mol. The molecule has 192 valence electrons. The van der Waals surface area contributed by atoms with Gasteiger partial charge in [-0.25, -0.2) is 0 Å². The lowest BCUT2D eigenvalue weighted by atomic mass is 9.94. The molecule has 0 bridgehead atoms. The van der Waals surface area contributed by atoms with Crippen LogP contribution in [0.15, 0.2) is 0 Å². The highest BCUT2D eigenvalue weighted by Gasteiger charge is 2.19. The lowest BCUT2D eigenvalue weighted by Gasteiger charge is -2.16. The van der Waals surface area contributed by atoms with Gasteiger partial charge in [-0.05, 0) is 19.3 Å². The van der Waals surface area contributed by atoms with Crippen molar-refractivity contribution in [1.29, 1.82) is 0 Å². The molecule has 2 heteroatoms. The molecule has 0 aliphatic carbocycles. The third-order valence-corrected chi connectivity index (χ3v) is 6.89. The summed E-state index contributed by atoms with van der Waals surface area (Å²) in [5.41, 5.74) is 0. The van der Waals surface area contributed by atoms with Crippen LogP contribution in [0.25, 0.3) is 0 Å². The van der Waals surface area contributed by atoms with E-state index in [9.17, 15) is 4.79 Å². The molecule has 0 saturated heterocycles. The highest BCUT2D eigenvalue weighted by atomic mass is 16.5. The fourth-order valence-corrected chi connectivity index (χ4v) is 4.60. The van der Waals surface area contributed by atoms with E-state index in [0.717, 1.165) is 19.3 Å². The normalized spacial score (nSPS) is 12.2. The van der Waals surface area contributed by atoms with E-state index in [1.54, 1.807) is 0 Å². The summed E-state index contributed by atoms with van der Waals surface area (Å²) < 4.78 is 5.68. The maximum absolute atomic E-state index is 12.7. The molecule has 0 N–H and O–H groups in total. The molecule has 1 atom stereocenters. The van der Waals surface area contributed by atoms with Crippen LogP contribution in [-0.2, 0) is 9.53 Å². The van der Waals surface area contributed by atoms with Gasteiger partial charge in [0.1, 0.15) is 0 Å². The van der Waals surface area contributed by atoms with Crippen molar-refractivity contribution >= 4 is 5.97 Å². The molecule has 0 rings (SSSR count). The predicted octanol–water partition coefficient (Wildman–Crippen LogP) is 10.6. The van der Waals surface area contributed by atoms with Crippen LogP contribution in [0.2, 0.25) is 0 Å². The monoisotopic (exact) mass is 452 g/mol. The third kappa shape index (κ3) is 22.7. The Balaban J connectivity index is 3.99. The Kier molecular flexibility index (Phi) is 26.3. The maximum atomic E-state index is 12.7. The molecule has 0 fully saturated rings. The van der Waals surface area contributed by atoms with E-state index in [4.69, 9.17) is 4.74 Å². The van der Waals surface area contributed by atoms with Gasteiger partial charge in [0.15, 0.2) is 0 Å². The fraction of sp³-hybridized carbons (Fsp3) is 0.967. The molecule has 0 aromatic rings. The number of rotatable bonds is 26. The molecule has 2 nitrogen and oxygen atoms in total. The third-order valence-electron chi connectivity index (χ3n) is 6.89. The molecule has 1 unspecified atom stereocenters. The zero-order valence-corrected chi connectivity index (χ0v) is 22.6. The van der Waals surface area contributed by atoms with Gasteiger partial charge in [0.2, 0.25) is 0 Å². The van der Waals surface area contributed by atoms with Gasteiger partial charge in [0.05, 0.1) is 12.5 Å². The first-order valence-electron chi connectivity index (χ1n) is 14.9. The van der Waals surface area contributed by atoms with E-state index >= 15 is 0 Å². The van der Waals surface area contributed by atoms with Crippen LogP contribution < -0.4 is 0 Å². The molecule has 0 aliphatic rings. The zero-order chi connectivity index (χ0) is 23.5. The fourth-order valence-electron chi connectivity index (χ4n) is 4.60. The van der Waals surface area contributed by atoms with Gasteiger partial charge in [0.25, 0.3) is 0 Å². The zero-order valence-electron chi connectivity index (χ0n) is 22.6. The molecule has 0 radical (unpaired) electrons. The van der Waals surface area contributed by atoms with Crippen molar-refractivity contribution in [2.45, 2.75) is 175 Å². The van der Waals surface area contributed by atoms with Crippen LogP contribution in [0.3, 0.4) is 0 Å². The summed E-state index contributed by atoms with van der Waals surface area (Å²) in [6.45, 7) is 7.41. The summed E-state index contributed by atoms with van der Waals surface area (Å²) in [6, 6.07) is 0. The predicted molar refractivity (Wildman–Crippen MR) is 142 cm³/mol. The summed E-state index contributed by atoms with van der Waals surface area (Å²) in [6.07, 6.45) is 31.0. The number of carbonyl (C=O) groups excluding carboxylic acids is 1. The van der Waals surface area contributed by atoms with Crippen molar-refractivity contribution in [3.05, 3.63) is 0 Å². The van der Waals surface area contributed by atoms with E-state index in [1.807, 2.05) is 0 Å². The van der Waals surface area contributed by atoms with Crippen LogP contribution in [0.1, 0.15) is 175 Å². The number of hydrogen-bond donors (Lipinski definition) is 0. The summed E-state index contributed by atoms with van der Waals surface area (Å²) in [5.74, 6) is 0.246. The second kappa shape index (κ2) is 26.7. The Bertz CT molecular complexity index is 366. The molecular formula is C30H60O2. The minimum atomic E-state index is 0.0976. The van der Waals surface area contributed by atoms with Gasteiger partial charge >= 0.3 is 5.97 Å². The summed E-state index contributed by atoms with van der Waals surface area (Å²) in [4.78, 5) is 12.7. The number of esters is 1. The van der Waals surface area contributed by atoms with Crippen molar-refractivity contribution in [2.75, 3.05) is 6.61 Å². The molecule has 0 spiro atoms. The molecule has 0 amide bonds. The van der Waals surface area contributed by atoms with Crippen molar-refractivity contribution in [3.8, 4) is 0 Å². The van der Waals surface area contributed by atoms with E-state index < -0.39 is 0 Å².